The summed E-state index contributed by atoms with van der Waals surface area (Å²) in [6.07, 6.45) is 0. The van der Waals surface area contributed by atoms with Gasteiger partial charge in [-0.3, -0.25) is 0 Å². The van der Waals surface area contributed by atoms with Crippen molar-refractivity contribution in [1.29, 1.82) is 0 Å². The van der Waals surface area contributed by atoms with Gasteiger partial charge in [-0.1, -0.05) is 35.6 Å². The summed E-state index contributed by atoms with van der Waals surface area (Å²) >= 11 is 5.66. The Labute approximate surface area is 126 Å². The van der Waals surface area contributed by atoms with Crippen LogP contribution in [0.25, 0.3) is 0 Å². The van der Waals surface area contributed by atoms with Crippen LogP contribution in [-0.4, -0.2) is 6.54 Å². The molecule has 0 aromatic heterocycles. The lowest BCUT2D eigenvalue weighted by atomic mass is 10.1. The largest absolute Gasteiger partial charge is 0.486 e. The van der Waals surface area contributed by atoms with Crippen LogP contribution in [0.15, 0.2) is 36.4 Å². The zero-order chi connectivity index (χ0) is 15.2. The van der Waals surface area contributed by atoms with Gasteiger partial charge in [0.25, 0.3) is 0 Å². The first kappa shape index (κ1) is 15.3. The standard InChI is InChI=1S/C16H12ClF2NO/c17-13-4-1-5-15(16(13)19)21-10-11-6-7-14(18)12(9-11)3-2-8-20/h1,4-7,9H,8,10,20H2. The van der Waals surface area contributed by atoms with Crippen molar-refractivity contribution >= 4 is 11.6 Å². The lowest BCUT2D eigenvalue weighted by Gasteiger charge is -2.08. The van der Waals surface area contributed by atoms with E-state index in [2.05, 4.69) is 11.8 Å². The Kier molecular flexibility index (Phi) is 5.15. The quantitative estimate of drug-likeness (QED) is 0.881. The normalized spacial score (nSPS) is 9.90. The molecular weight excluding hydrogens is 296 g/mol. The molecule has 0 aliphatic heterocycles. The molecule has 2 aromatic rings. The second kappa shape index (κ2) is 7.07. The zero-order valence-corrected chi connectivity index (χ0v) is 11.8. The van der Waals surface area contributed by atoms with Gasteiger partial charge in [-0.2, -0.15) is 0 Å². The van der Waals surface area contributed by atoms with E-state index >= 15 is 0 Å². The molecular formula is C16H12ClF2NO. The van der Waals surface area contributed by atoms with Crippen molar-refractivity contribution < 1.29 is 13.5 Å². The maximum Gasteiger partial charge on any atom is 0.183 e. The van der Waals surface area contributed by atoms with Crippen LogP contribution in [-0.2, 0) is 6.61 Å². The van der Waals surface area contributed by atoms with Crippen LogP contribution < -0.4 is 10.5 Å². The maximum atomic E-state index is 13.7. The van der Waals surface area contributed by atoms with Crippen LogP contribution in [0.4, 0.5) is 8.78 Å². The van der Waals surface area contributed by atoms with Gasteiger partial charge in [0.15, 0.2) is 11.6 Å². The van der Waals surface area contributed by atoms with E-state index < -0.39 is 11.6 Å². The first-order valence-corrected chi connectivity index (χ1v) is 6.54. The summed E-state index contributed by atoms with van der Waals surface area (Å²) in [4.78, 5) is 0. The van der Waals surface area contributed by atoms with Gasteiger partial charge >= 0.3 is 0 Å². The molecule has 0 saturated heterocycles. The summed E-state index contributed by atoms with van der Waals surface area (Å²) in [6, 6.07) is 8.87. The SMILES string of the molecule is NCC#Cc1cc(COc2cccc(Cl)c2F)ccc1F. The van der Waals surface area contributed by atoms with E-state index in [1.165, 1.54) is 18.2 Å². The van der Waals surface area contributed by atoms with Gasteiger partial charge < -0.3 is 10.5 Å². The third-order valence-electron chi connectivity index (χ3n) is 2.67. The Morgan fingerprint density at radius 3 is 2.76 bits per heavy atom. The molecule has 5 heteroatoms. The molecule has 2 aromatic carbocycles. The Bertz CT molecular complexity index is 707. The molecule has 2 nitrogen and oxygen atoms in total. The van der Waals surface area contributed by atoms with Gasteiger partial charge in [-0.15, -0.1) is 0 Å². The number of hydrogen-bond donors (Lipinski definition) is 1. The highest BCUT2D eigenvalue weighted by Crippen LogP contribution is 2.25. The average Bonchev–Trinajstić information content (AvgIpc) is 2.49. The first-order chi connectivity index (χ1) is 10.1. The van der Waals surface area contributed by atoms with Crippen molar-refractivity contribution in [2.24, 2.45) is 5.73 Å². The Morgan fingerprint density at radius 2 is 2.00 bits per heavy atom. The third-order valence-corrected chi connectivity index (χ3v) is 2.96. The molecule has 0 spiro atoms. The lowest BCUT2D eigenvalue weighted by molar-refractivity contribution is 0.290. The van der Waals surface area contributed by atoms with Gasteiger partial charge in [0.05, 0.1) is 17.1 Å². The van der Waals surface area contributed by atoms with Crippen LogP contribution in [0.1, 0.15) is 11.1 Å². The summed E-state index contributed by atoms with van der Waals surface area (Å²) in [7, 11) is 0. The fourth-order valence-corrected chi connectivity index (χ4v) is 1.83. The number of halogens is 3. The fourth-order valence-electron chi connectivity index (χ4n) is 1.66. The zero-order valence-electron chi connectivity index (χ0n) is 11.0. The smallest absolute Gasteiger partial charge is 0.183 e. The number of nitrogens with two attached hydrogens (primary N) is 1. The summed E-state index contributed by atoms with van der Waals surface area (Å²) in [5, 5.41) is -0.0129. The summed E-state index contributed by atoms with van der Waals surface area (Å²) in [5.74, 6) is 4.20. The predicted octanol–water partition coefficient (Wildman–Crippen LogP) is 3.51. The number of hydrogen-bond acceptors (Lipinski definition) is 2. The molecule has 0 fully saturated rings. The van der Waals surface area contributed by atoms with Crippen molar-refractivity contribution in [1.82, 2.24) is 0 Å². The highest BCUT2D eigenvalue weighted by Gasteiger charge is 2.08. The molecule has 0 aliphatic carbocycles. The molecule has 2 N–H and O–H groups in total. The number of rotatable bonds is 3. The molecule has 0 atom stereocenters. The van der Waals surface area contributed by atoms with Gasteiger partial charge in [0.2, 0.25) is 0 Å². The Morgan fingerprint density at radius 1 is 1.19 bits per heavy atom. The summed E-state index contributed by atoms with van der Waals surface area (Å²) in [5.41, 5.74) is 6.15. The minimum atomic E-state index is -0.621. The highest BCUT2D eigenvalue weighted by atomic mass is 35.5. The molecule has 0 saturated carbocycles. The fraction of sp³-hybridized carbons (Fsp3) is 0.125. The number of ether oxygens (including phenoxy) is 1. The molecule has 0 unspecified atom stereocenters. The number of benzene rings is 2. The molecule has 0 heterocycles. The predicted molar refractivity (Wildman–Crippen MR) is 78.1 cm³/mol. The summed E-state index contributed by atoms with van der Waals surface area (Å²) in [6.45, 7) is 0.225. The third kappa shape index (κ3) is 3.94. The molecule has 0 aliphatic rings. The van der Waals surface area contributed by atoms with Crippen molar-refractivity contribution in [2.45, 2.75) is 6.61 Å². The summed E-state index contributed by atoms with van der Waals surface area (Å²) < 4.78 is 32.5. The van der Waals surface area contributed by atoms with Crippen LogP contribution in [0, 0.1) is 23.5 Å². The molecule has 0 radical (unpaired) electrons. The van der Waals surface area contributed by atoms with E-state index in [4.69, 9.17) is 22.1 Å². The minimum Gasteiger partial charge on any atom is -0.486 e. The molecule has 0 amide bonds. The van der Waals surface area contributed by atoms with Crippen molar-refractivity contribution in [3.8, 4) is 17.6 Å². The van der Waals surface area contributed by atoms with Crippen LogP contribution in [0.2, 0.25) is 5.02 Å². The van der Waals surface area contributed by atoms with E-state index in [-0.39, 0.29) is 29.5 Å². The first-order valence-electron chi connectivity index (χ1n) is 6.16. The van der Waals surface area contributed by atoms with Crippen molar-refractivity contribution in [2.75, 3.05) is 6.54 Å². The molecule has 2 rings (SSSR count). The highest BCUT2D eigenvalue weighted by molar-refractivity contribution is 6.30. The van der Waals surface area contributed by atoms with Gasteiger partial charge in [0.1, 0.15) is 12.4 Å². The van der Waals surface area contributed by atoms with Crippen molar-refractivity contribution in [3.63, 3.8) is 0 Å². The van der Waals surface area contributed by atoms with Crippen LogP contribution in [0.3, 0.4) is 0 Å². The molecule has 0 bridgehead atoms. The van der Waals surface area contributed by atoms with Gasteiger partial charge in [-0.25, -0.2) is 8.78 Å². The van der Waals surface area contributed by atoms with E-state index in [1.807, 2.05) is 0 Å². The van der Waals surface area contributed by atoms with Crippen molar-refractivity contribution in [3.05, 3.63) is 64.2 Å². The average molecular weight is 308 g/mol. The van der Waals surface area contributed by atoms with Gasteiger partial charge in [0, 0.05) is 0 Å². The lowest BCUT2D eigenvalue weighted by Crippen LogP contribution is -1.99. The van der Waals surface area contributed by atoms with E-state index in [1.54, 1.807) is 18.2 Å². The molecule has 108 valence electrons. The van der Waals surface area contributed by atoms with Gasteiger partial charge in [-0.05, 0) is 29.8 Å². The Balaban J connectivity index is 2.15. The maximum absolute atomic E-state index is 13.7. The van der Waals surface area contributed by atoms with E-state index in [0.29, 0.717) is 5.56 Å². The monoisotopic (exact) mass is 307 g/mol. The van der Waals surface area contributed by atoms with E-state index in [0.717, 1.165) is 0 Å². The minimum absolute atomic E-state index is 0.0129. The second-order valence-electron chi connectivity index (χ2n) is 4.16. The Hall–Kier alpha value is -2.09. The topological polar surface area (TPSA) is 35.2 Å². The second-order valence-corrected chi connectivity index (χ2v) is 4.57. The molecule has 21 heavy (non-hydrogen) atoms. The van der Waals surface area contributed by atoms with Crippen LogP contribution >= 0.6 is 11.6 Å². The van der Waals surface area contributed by atoms with Crippen LogP contribution in [0.5, 0.6) is 5.75 Å². The van der Waals surface area contributed by atoms with E-state index in [9.17, 15) is 8.78 Å².